The van der Waals surface area contributed by atoms with Crippen molar-refractivity contribution >= 4 is 28.4 Å². The summed E-state index contributed by atoms with van der Waals surface area (Å²) >= 11 is 6.31. The van der Waals surface area contributed by atoms with Gasteiger partial charge >= 0.3 is 0 Å². The summed E-state index contributed by atoms with van der Waals surface area (Å²) in [6.07, 6.45) is 1.72. The molecule has 0 atom stereocenters. The zero-order valence-corrected chi connectivity index (χ0v) is 13.1. The Bertz CT molecular complexity index is 1010. The average Bonchev–Trinajstić information content (AvgIpc) is 2.55. The van der Waals surface area contributed by atoms with Crippen molar-refractivity contribution in [3.05, 3.63) is 81.4 Å². The zero-order valence-electron chi connectivity index (χ0n) is 12.3. The van der Waals surface area contributed by atoms with E-state index in [0.717, 1.165) is 11.3 Å². The number of nitrogens with zero attached hydrogens (tertiary/aromatic N) is 3. The highest BCUT2D eigenvalue weighted by Crippen LogP contribution is 2.20. The Morgan fingerprint density at radius 3 is 2.70 bits per heavy atom. The number of benzene rings is 1. The van der Waals surface area contributed by atoms with E-state index in [0.29, 0.717) is 21.9 Å². The fraction of sp³-hybridized carbons (Fsp3) is 0.0556. The Labute approximate surface area is 137 Å². The molecule has 0 saturated carbocycles. The normalized spacial score (nSPS) is 11.4. The maximum absolute atomic E-state index is 12.3. The second-order valence-corrected chi connectivity index (χ2v) is 5.47. The van der Waals surface area contributed by atoms with Crippen molar-refractivity contribution < 1.29 is 0 Å². The van der Waals surface area contributed by atoms with E-state index in [2.05, 4.69) is 11.1 Å². The number of pyridine rings is 1. The number of halogens is 1. The van der Waals surface area contributed by atoms with Crippen molar-refractivity contribution in [1.29, 1.82) is 5.26 Å². The Balaban J connectivity index is 2.07. The van der Waals surface area contributed by atoms with E-state index in [1.54, 1.807) is 36.4 Å². The van der Waals surface area contributed by atoms with Gasteiger partial charge in [-0.1, -0.05) is 29.8 Å². The third-order valence-electron chi connectivity index (χ3n) is 3.46. The molecular weight excluding hydrogens is 310 g/mol. The molecule has 0 aliphatic heterocycles. The van der Waals surface area contributed by atoms with Crippen molar-refractivity contribution in [3.63, 3.8) is 0 Å². The molecule has 0 aliphatic rings. The standard InChI is InChI=1S/C18H12ClN3O/c1-12-3-2-4-17-21-16(10-18(23)22(12)17)15(19)9-13-5-7-14(11-20)8-6-13/h2-10H,1H3/b15-9-. The molecule has 0 amide bonds. The SMILES string of the molecule is Cc1cccc2nc(/C(Cl)=C/c3ccc(C#N)cc3)cc(=O)n12. The molecule has 0 unspecified atom stereocenters. The van der Waals surface area contributed by atoms with Gasteiger partial charge in [0.1, 0.15) is 5.65 Å². The molecule has 4 nitrogen and oxygen atoms in total. The van der Waals surface area contributed by atoms with Crippen molar-refractivity contribution in [3.8, 4) is 6.07 Å². The van der Waals surface area contributed by atoms with Crippen LogP contribution in [0.2, 0.25) is 0 Å². The lowest BCUT2D eigenvalue weighted by Gasteiger charge is -2.06. The highest BCUT2D eigenvalue weighted by molar-refractivity contribution is 6.51. The third-order valence-corrected chi connectivity index (χ3v) is 3.76. The number of fused-ring (bicyclic) bond motifs is 1. The number of aryl methyl sites for hydroxylation is 1. The van der Waals surface area contributed by atoms with E-state index in [1.807, 2.05) is 19.1 Å². The fourth-order valence-electron chi connectivity index (χ4n) is 2.31. The molecule has 2 heterocycles. The summed E-state index contributed by atoms with van der Waals surface area (Å²) in [5.74, 6) is 0. The molecular formula is C18H12ClN3O. The van der Waals surface area contributed by atoms with Crippen LogP contribution < -0.4 is 5.56 Å². The molecule has 112 valence electrons. The van der Waals surface area contributed by atoms with Crippen LogP contribution >= 0.6 is 11.6 Å². The summed E-state index contributed by atoms with van der Waals surface area (Å²) in [4.78, 5) is 16.7. The minimum atomic E-state index is -0.172. The van der Waals surface area contributed by atoms with Gasteiger partial charge < -0.3 is 0 Å². The van der Waals surface area contributed by atoms with Crippen molar-refractivity contribution in [2.24, 2.45) is 0 Å². The van der Waals surface area contributed by atoms with E-state index in [1.165, 1.54) is 10.5 Å². The van der Waals surface area contributed by atoms with Crippen LogP contribution in [0.4, 0.5) is 0 Å². The Morgan fingerprint density at radius 2 is 2.00 bits per heavy atom. The highest BCUT2D eigenvalue weighted by atomic mass is 35.5. The minimum Gasteiger partial charge on any atom is -0.269 e. The molecule has 0 N–H and O–H groups in total. The first-order valence-electron chi connectivity index (χ1n) is 6.95. The second kappa shape index (κ2) is 6.07. The van der Waals surface area contributed by atoms with Gasteiger partial charge in [0.15, 0.2) is 0 Å². The Morgan fingerprint density at radius 1 is 1.26 bits per heavy atom. The summed E-state index contributed by atoms with van der Waals surface area (Å²) < 4.78 is 1.54. The molecule has 3 rings (SSSR count). The molecule has 23 heavy (non-hydrogen) atoms. The average molecular weight is 322 g/mol. The van der Waals surface area contributed by atoms with Crippen LogP contribution in [-0.4, -0.2) is 9.38 Å². The number of hydrogen-bond acceptors (Lipinski definition) is 3. The molecule has 1 aromatic carbocycles. The van der Waals surface area contributed by atoms with Crippen LogP contribution in [0.15, 0.2) is 53.3 Å². The Hall–Kier alpha value is -2.90. The molecule has 3 aromatic rings. The lowest BCUT2D eigenvalue weighted by atomic mass is 10.1. The van der Waals surface area contributed by atoms with Gasteiger partial charge in [0.05, 0.1) is 22.4 Å². The number of aromatic nitrogens is 2. The first kappa shape index (κ1) is 15.0. The first-order valence-corrected chi connectivity index (χ1v) is 7.33. The van der Waals surface area contributed by atoms with Gasteiger partial charge in [-0.2, -0.15) is 5.26 Å². The molecule has 0 aliphatic carbocycles. The maximum atomic E-state index is 12.3. The highest BCUT2D eigenvalue weighted by Gasteiger charge is 2.07. The number of nitriles is 1. The molecule has 0 radical (unpaired) electrons. The fourth-order valence-corrected chi connectivity index (χ4v) is 2.53. The molecule has 0 fully saturated rings. The van der Waals surface area contributed by atoms with Gasteiger partial charge in [-0.3, -0.25) is 9.20 Å². The lowest BCUT2D eigenvalue weighted by molar-refractivity contribution is 0.986. The molecule has 0 spiro atoms. The largest absolute Gasteiger partial charge is 0.269 e. The van der Waals surface area contributed by atoms with E-state index < -0.39 is 0 Å². The van der Waals surface area contributed by atoms with Crippen molar-refractivity contribution in [1.82, 2.24) is 9.38 Å². The van der Waals surface area contributed by atoms with E-state index in [-0.39, 0.29) is 5.56 Å². The van der Waals surface area contributed by atoms with Crippen LogP contribution in [0, 0.1) is 18.3 Å². The third kappa shape index (κ3) is 3.01. The first-order chi connectivity index (χ1) is 11.1. The quantitative estimate of drug-likeness (QED) is 0.724. The van der Waals surface area contributed by atoms with Gasteiger partial charge in [-0.05, 0) is 42.8 Å². The molecule has 5 heteroatoms. The summed E-state index contributed by atoms with van der Waals surface area (Å²) in [5.41, 5.74) is 3.04. The van der Waals surface area contributed by atoms with Crippen molar-refractivity contribution in [2.45, 2.75) is 6.92 Å². The maximum Gasteiger partial charge on any atom is 0.258 e. The van der Waals surface area contributed by atoms with Gasteiger partial charge in [-0.25, -0.2) is 4.98 Å². The van der Waals surface area contributed by atoms with Gasteiger partial charge in [0.2, 0.25) is 0 Å². The van der Waals surface area contributed by atoms with Crippen LogP contribution in [0.1, 0.15) is 22.5 Å². The Kier molecular flexibility index (Phi) is 3.96. The lowest BCUT2D eigenvalue weighted by Crippen LogP contribution is -2.16. The summed E-state index contributed by atoms with van der Waals surface area (Å²) in [6.45, 7) is 1.85. The predicted octanol–water partition coefficient (Wildman–Crippen LogP) is 3.61. The minimum absolute atomic E-state index is 0.172. The van der Waals surface area contributed by atoms with Crippen LogP contribution in [0.25, 0.3) is 16.8 Å². The van der Waals surface area contributed by atoms with Crippen molar-refractivity contribution in [2.75, 3.05) is 0 Å². The summed E-state index contributed by atoms with van der Waals surface area (Å²) in [7, 11) is 0. The van der Waals surface area contributed by atoms with Crippen LogP contribution in [-0.2, 0) is 0 Å². The van der Waals surface area contributed by atoms with Gasteiger partial charge in [0.25, 0.3) is 5.56 Å². The number of rotatable bonds is 2. The predicted molar refractivity (Wildman–Crippen MR) is 91.1 cm³/mol. The number of hydrogen-bond donors (Lipinski definition) is 0. The second-order valence-electron chi connectivity index (χ2n) is 5.07. The molecule has 0 saturated heterocycles. The van der Waals surface area contributed by atoms with Crippen LogP contribution in [0.5, 0.6) is 0 Å². The van der Waals surface area contributed by atoms with Gasteiger partial charge in [0, 0.05) is 11.8 Å². The summed E-state index contributed by atoms with van der Waals surface area (Å²) in [6, 6.07) is 15.9. The van der Waals surface area contributed by atoms with Gasteiger partial charge in [-0.15, -0.1) is 0 Å². The monoisotopic (exact) mass is 321 g/mol. The van der Waals surface area contributed by atoms with Crippen LogP contribution in [0.3, 0.4) is 0 Å². The molecule has 0 bridgehead atoms. The van der Waals surface area contributed by atoms with E-state index in [9.17, 15) is 4.79 Å². The summed E-state index contributed by atoms with van der Waals surface area (Å²) in [5, 5.41) is 9.17. The zero-order chi connectivity index (χ0) is 16.4. The van der Waals surface area contributed by atoms with E-state index >= 15 is 0 Å². The van der Waals surface area contributed by atoms with E-state index in [4.69, 9.17) is 16.9 Å². The molecule has 2 aromatic heterocycles. The smallest absolute Gasteiger partial charge is 0.258 e. The topological polar surface area (TPSA) is 58.2 Å².